The molecule has 0 amide bonds. The Bertz CT molecular complexity index is 1310. The van der Waals surface area contributed by atoms with Gasteiger partial charge in [-0.15, -0.1) is 0 Å². The van der Waals surface area contributed by atoms with E-state index in [1.807, 2.05) is 128 Å². The molecule has 5 rings (SSSR count). The van der Waals surface area contributed by atoms with Crippen molar-refractivity contribution in [2.75, 3.05) is 0 Å². The minimum absolute atomic E-state index is 0.0768. The maximum absolute atomic E-state index is 13.2. The zero-order valence-corrected chi connectivity index (χ0v) is 20.6. The standard InChI is InChI=1S/C30H27O4P/c1-23(31)29-24(2)32-35(28-21-13-6-14-22-28,33-26-17-9-4-10-18-26,34-27-19-11-5-12-20-27)30(29)25-15-7-3-8-16-25/h3-22,30H,1-2H3. The van der Waals surface area contributed by atoms with Crippen LogP contribution in [-0.4, -0.2) is 5.78 Å². The molecule has 5 heteroatoms. The first kappa shape index (κ1) is 22.9. The Labute approximate surface area is 206 Å². The molecule has 0 aliphatic carbocycles. The van der Waals surface area contributed by atoms with Gasteiger partial charge in [0.1, 0.15) is 0 Å². The van der Waals surface area contributed by atoms with Crippen LogP contribution in [-0.2, 0) is 9.32 Å². The number of allylic oxidation sites excluding steroid dienone is 2. The van der Waals surface area contributed by atoms with Crippen LogP contribution in [0.15, 0.2) is 133 Å². The number of rotatable bonds is 7. The maximum atomic E-state index is 13.2. The molecule has 1 aliphatic rings. The zero-order chi connectivity index (χ0) is 24.3. The third-order valence-electron chi connectivity index (χ3n) is 6.17. The molecule has 0 fully saturated rings. The van der Waals surface area contributed by atoms with Crippen LogP contribution in [0.2, 0.25) is 0 Å². The van der Waals surface area contributed by atoms with E-state index in [2.05, 4.69) is 0 Å². The molecule has 1 atom stereocenters. The first-order chi connectivity index (χ1) is 17.0. The van der Waals surface area contributed by atoms with Gasteiger partial charge in [-0.2, -0.15) is 0 Å². The Morgan fingerprint density at radius 1 is 0.686 bits per heavy atom. The molecular weight excluding hydrogens is 455 g/mol. The third-order valence-corrected chi connectivity index (χ3v) is 10.6. The summed E-state index contributed by atoms with van der Waals surface area (Å²) in [5.74, 6) is 1.64. The summed E-state index contributed by atoms with van der Waals surface area (Å²) < 4.78 is 21.0. The zero-order valence-electron chi connectivity index (χ0n) is 19.7. The van der Waals surface area contributed by atoms with Gasteiger partial charge in [-0.3, -0.25) is 0 Å². The fraction of sp³-hybridized carbons (Fsp3) is 0.100. The molecule has 176 valence electrons. The van der Waals surface area contributed by atoms with E-state index in [-0.39, 0.29) is 5.78 Å². The molecule has 4 aromatic carbocycles. The number of hydrogen-bond acceptors (Lipinski definition) is 4. The van der Waals surface area contributed by atoms with Gasteiger partial charge < -0.3 is 0 Å². The second-order valence-corrected chi connectivity index (χ2v) is 12.0. The number of benzene rings is 4. The van der Waals surface area contributed by atoms with Crippen molar-refractivity contribution in [1.82, 2.24) is 0 Å². The second kappa shape index (κ2) is 9.05. The number of carbonyl (C=O) groups is 1. The van der Waals surface area contributed by atoms with Gasteiger partial charge in [-0.05, 0) is 0 Å². The summed E-state index contributed by atoms with van der Waals surface area (Å²) in [6, 6.07) is 38.7. The molecule has 0 N–H and O–H groups in total. The van der Waals surface area contributed by atoms with Crippen LogP contribution in [0.25, 0.3) is 0 Å². The summed E-state index contributed by atoms with van der Waals surface area (Å²) in [5.41, 5.74) is 0.857. The topological polar surface area (TPSA) is 44.8 Å². The second-order valence-electron chi connectivity index (χ2n) is 8.52. The molecule has 0 bridgehead atoms. The molecule has 4 aromatic rings. The number of carbonyl (C=O) groups excluding carboxylic acids is 1. The Hall–Kier alpha value is -3.88. The Morgan fingerprint density at radius 3 is 1.57 bits per heavy atom. The van der Waals surface area contributed by atoms with Crippen LogP contribution in [0.3, 0.4) is 0 Å². The average molecular weight is 483 g/mol. The van der Waals surface area contributed by atoms with Gasteiger partial charge in [-0.1, -0.05) is 0 Å². The molecular formula is C30H27O4P. The predicted molar refractivity (Wildman–Crippen MR) is 141 cm³/mol. The van der Waals surface area contributed by atoms with Crippen LogP contribution in [0.5, 0.6) is 11.5 Å². The monoisotopic (exact) mass is 482 g/mol. The van der Waals surface area contributed by atoms with Crippen LogP contribution < -0.4 is 14.4 Å². The first-order valence-electron chi connectivity index (χ1n) is 11.6. The van der Waals surface area contributed by atoms with Crippen LogP contribution in [0, 0.1) is 0 Å². The van der Waals surface area contributed by atoms with E-state index in [1.165, 1.54) is 0 Å². The Kier molecular flexibility index (Phi) is 5.92. The molecule has 35 heavy (non-hydrogen) atoms. The summed E-state index contributed by atoms with van der Waals surface area (Å²) in [6.45, 7) is 3.40. The van der Waals surface area contributed by atoms with Crippen LogP contribution in [0.4, 0.5) is 0 Å². The van der Waals surface area contributed by atoms with Gasteiger partial charge in [0.25, 0.3) is 0 Å². The molecule has 0 radical (unpaired) electrons. The summed E-state index contributed by atoms with van der Waals surface area (Å²) in [6.07, 6.45) is 0. The predicted octanol–water partition coefficient (Wildman–Crippen LogP) is 7.40. The summed E-state index contributed by atoms with van der Waals surface area (Å²) in [5, 5.41) is 0.760. The molecule has 1 heterocycles. The summed E-state index contributed by atoms with van der Waals surface area (Å²) in [7, 11) is -4.42. The van der Waals surface area contributed by atoms with E-state index in [1.54, 1.807) is 6.92 Å². The van der Waals surface area contributed by atoms with E-state index in [4.69, 9.17) is 13.6 Å². The van der Waals surface area contributed by atoms with Gasteiger partial charge >= 0.3 is 206 Å². The van der Waals surface area contributed by atoms with Crippen molar-refractivity contribution in [2.24, 2.45) is 0 Å². The molecule has 4 nitrogen and oxygen atoms in total. The van der Waals surface area contributed by atoms with Crippen molar-refractivity contribution in [3.63, 3.8) is 0 Å². The molecule has 0 saturated carbocycles. The summed E-state index contributed by atoms with van der Waals surface area (Å²) in [4.78, 5) is 13.2. The SMILES string of the molecule is CC(=O)C1=C(C)OP(Oc2ccccc2)(Oc2ccccc2)(c2ccccc2)C1c1ccccc1. The van der Waals surface area contributed by atoms with Gasteiger partial charge in [0.05, 0.1) is 0 Å². The molecule has 0 aromatic heterocycles. The third kappa shape index (κ3) is 3.90. The van der Waals surface area contributed by atoms with E-state index >= 15 is 0 Å². The van der Waals surface area contributed by atoms with Crippen molar-refractivity contribution in [1.29, 1.82) is 0 Å². The molecule has 1 unspecified atom stereocenters. The van der Waals surface area contributed by atoms with Crippen LogP contribution >= 0.6 is 7.28 Å². The van der Waals surface area contributed by atoms with Crippen molar-refractivity contribution >= 4 is 18.4 Å². The van der Waals surface area contributed by atoms with Crippen LogP contribution in [0.1, 0.15) is 25.1 Å². The van der Waals surface area contributed by atoms with Gasteiger partial charge in [0.2, 0.25) is 0 Å². The van der Waals surface area contributed by atoms with E-state index in [0.717, 1.165) is 10.9 Å². The minimum atomic E-state index is -4.42. The van der Waals surface area contributed by atoms with Crippen molar-refractivity contribution in [3.8, 4) is 11.5 Å². The fourth-order valence-corrected chi connectivity index (χ4v) is 9.71. The molecule has 0 spiro atoms. The average Bonchev–Trinajstić information content (AvgIpc) is 3.15. The van der Waals surface area contributed by atoms with Crippen molar-refractivity contribution in [3.05, 3.63) is 138 Å². The number of para-hydroxylation sites is 2. The fourth-order valence-electron chi connectivity index (χ4n) is 4.80. The Balaban J connectivity index is 1.89. The molecule has 1 aliphatic heterocycles. The number of hydrogen-bond donors (Lipinski definition) is 0. The van der Waals surface area contributed by atoms with Gasteiger partial charge in [-0.25, -0.2) is 0 Å². The van der Waals surface area contributed by atoms with E-state index < -0.39 is 12.9 Å². The number of Topliss-reactive ketones (excluding diaryl/α,β-unsaturated/α-hetero) is 1. The van der Waals surface area contributed by atoms with Gasteiger partial charge in [0.15, 0.2) is 0 Å². The van der Waals surface area contributed by atoms with Crippen molar-refractivity contribution < 1.29 is 18.4 Å². The van der Waals surface area contributed by atoms with Gasteiger partial charge in [0, 0.05) is 0 Å². The Morgan fingerprint density at radius 2 is 1.11 bits per heavy atom. The van der Waals surface area contributed by atoms with E-state index in [9.17, 15) is 4.79 Å². The normalized spacial score (nSPS) is 19.1. The summed E-state index contributed by atoms with van der Waals surface area (Å²) >= 11 is 0. The van der Waals surface area contributed by atoms with Crippen molar-refractivity contribution in [2.45, 2.75) is 19.5 Å². The van der Waals surface area contributed by atoms with E-state index in [0.29, 0.717) is 22.8 Å². The number of ketones is 1. The quantitative estimate of drug-likeness (QED) is 0.258. The molecule has 0 saturated heterocycles. The first-order valence-corrected chi connectivity index (χ1v) is 13.6.